The summed E-state index contributed by atoms with van der Waals surface area (Å²) in [6.45, 7) is 0.263. The largest absolute Gasteiger partial charge is 0.497 e. The molecular formula is C33H32N6O5S. The molecule has 230 valence electrons. The number of hydrogen-bond acceptors (Lipinski definition) is 9. The topological polar surface area (TPSA) is 121 Å². The van der Waals surface area contributed by atoms with Crippen LogP contribution in [0.5, 0.6) is 17.2 Å². The maximum Gasteiger partial charge on any atom is 0.250 e. The Bertz CT molecular complexity index is 1850. The zero-order valence-electron chi connectivity index (χ0n) is 24.8. The summed E-state index contributed by atoms with van der Waals surface area (Å²) in [4.78, 5) is 35.4. The average Bonchev–Trinajstić information content (AvgIpc) is 3.84. The second-order valence-electron chi connectivity index (χ2n) is 11.2. The molecule has 1 fully saturated rings. The van der Waals surface area contributed by atoms with E-state index >= 15 is 0 Å². The molecule has 2 amide bonds. The fourth-order valence-corrected chi connectivity index (χ4v) is 6.91. The molecule has 0 saturated heterocycles. The molecule has 0 spiro atoms. The van der Waals surface area contributed by atoms with Crippen molar-refractivity contribution in [3.63, 3.8) is 0 Å². The van der Waals surface area contributed by atoms with Gasteiger partial charge >= 0.3 is 0 Å². The number of benzene rings is 3. The number of nitrogens with one attached hydrogen (secondary N) is 1. The van der Waals surface area contributed by atoms with Crippen LogP contribution in [0, 0.1) is 0 Å². The van der Waals surface area contributed by atoms with Gasteiger partial charge in [0.2, 0.25) is 18.6 Å². The highest BCUT2D eigenvalue weighted by molar-refractivity contribution is 7.09. The number of carbonyl (C=O) groups excluding carboxylic acids is 2. The van der Waals surface area contributed by atoms with E-state index in [-0.39, 0.29) is 31.7 Å². The van der Waals surface area contributed by atoms with Crippen molar-refractivity contribution in [3.05, 3.63) is 77.1 Å². The summed E-state index contributed by atoms with van der Waals surface area (Å²) in [5.41, 5.74) is 2.69. The first kappa shape index (κ1) is 28.8. The van der Waals surface area contributed by atoms with Crippen LogP contribution in [0.1, 0.15) is 37.1 Å². The number of anilines is 1. The Morgan fingerprint density at radius 1 is 1.02 bits per heavy atom. The summed E-state index contributed by atoms with van der Waals surface area (Å²) in [7, 11) is 1.63. The molecule has 12 heteroatoms. The van der Waals surface area contributed by atoms with Crippen LogP contribution in [0.25, 0.3) is 22.3 Å². The minimum Gasteiger partial charge on any atom is -0.497 e. The average molecular weight is 625 g/mol. The molecule has 1 saturated carbocycles. The molecule has 0 radical (unpaired) electrons. The van der Waals surface area contributed by atoms with Crippen molar-refractivity contribution in [1.29, 1.82) is 0 Å². The van der Waals surface area contributed by atoms with Gasteiger partial charge in [0.15, 0.2) is 11.5 Å². The molecule has 45 heavy (non-hydrogen) atoms. The summed E-state index contributed by atoms with van der Waals surface area (Å²) in [6, 6.07) is 20.5. The van der Waals surface area contributed by atoms with Gasteiger partial charge in [-0.2, -0.15) is 0 Å². The molecule has 11 nitrogen and oxygen atoms in total. The van der Waals surface area contributed by atoms with E-state index in [4.69, 9.17) is 19.2 Å². The number of amides is 2. The van der Waals surface area contributed by atoms with Gasteiger partial charge in [-0.1, -0.05) is 36.6 Å². The summed E-state index contributed by atoms with van der Waals surface area (Å²) in [6.07, 6.45) is 3.70. The molecule has 3 heterocycles. The maximum atomic E-state index is 14.4. The predicted octanol–water partition coefficient (Wildman–Crippen LogP) is 5.66. The second kappa shape index (κ2) is 12.2. The number of rotatable bonds is 9. The highest BCUT2D eigenvalue weighted by atomic mass is 32.1. The van der Waals surface area contributed by atoms with Crippen LogP contribution >= 0.6 is 11.3 Å². The van der Waals surface area contributed by atoms with Gasteiger partial charge in [0, 0.05) is 22.7 Å². The number of methoxy groups -OCH3 is 1. The number of nitrogens with zero attached hydrogens (tertiary/aromatic N) is 5. The molecule has 0 atom stereocenters. The van der Waals surface area contributed by atoms with E-state index < -0.39 is 5.54 Å². The molecular weight excluding hydrogens is 592 g/mol. The summed E-state index contributed by atoms with van der Waals surface area (Å²) < 4.78 is 17.9. The van der Waals surface area contributed by atoms with Crippen molar-refractivity contribution < 1.29 is 23.8 Å². The summed E-state index contributed by atoms with van der Waals surface area (Å²) >= 11 is 1.47. The lowest BCUT2D eigenvalue weighted by Crippen LogP contribution is -2.60. The lowest BCUT2D eigenvalue weighted by Gasteiger charge is -2.44. The first-order valence-corrected chi connectivity index (χ1v) is 15.8. The van der Waals surface area contributed by atoms with Gasteiger partial charge in [0.1, 0.15) is 28.4 Å². The lowest BCUT2D eigenvalue weighted by molar-refractivity contribution is -0.149. The Balaban J connectivity index is 1.23. The first-order chi connectivity index (χ1) is 22.0. The normalized spacial score (nSPS) is 15.1. The summed E-state index contributed by atoms with van der Waals surface area (Å²) in [5.74, 6) is 1.51. The highest BCUT2D eigenvalue weighted by Gasteiger charge is 2.47. The standard InChI is InChI=1S/C33H32N6O5S/c1-42-24-12-9-22(10-13-24)26-20-45-30(35-26)18-38(31(40)19-39-27-8-4-3-7-25(27)36-37-39)33(15-5-2-6-16-33)32(41)34-23-11-14-28-29(17-23)44-21-43-28/h3-4,7-14,17,20H,2,5-6,15-16,18-19,21H2,1H3,(H,34,41). The number of fused-ring (bicyclic) bond motifs is 2. The Morgan fingerprint density at radius 3 is 2.64 bits per heavy atom. The Kier molecular flexibility index (Phi) is 7.80. The SMILES string of the molecule is COc1ccc(-c2csc(CN(C(=O)Cn3nnc4ccccc43)C3(C(=O)Nc4ccc5c(c4)OCO5)CCCCC3)n2)cc1. The molecule has 3 aromatic carbocycles. The lowest BCUT2D eigenvalue weighted by atomic mass is 9.79. The third-order valence-corrected chi connectivity index (χ3v) is 9.32. The van der Waals surface area contributed by atoms with Gasteiger partial charge in [-0.25, -0.2) is 9.67 Å². The van der Waals surface area contributed by atoms with Crippen LogP contribution in [0.15, 0.2) is 72.1 Å². The van der Waals surface area contributed by atoms with Gasteiger partial charge < -0.3 is 24.4 Å². The van der Waals surface area contributed by atoms with E-state index in [0.717, 1.165) is 46.8 Å². The fraction of sp³-hybridized carbons (Fsp3) is 0.303. The second-order valence-corrected chi connectivity index (χ2v) is 12.1. The zero-order chi connectivity index (χ0) is 30.8. The van der Waals surface area contributed by atoms with Crippen molar-refractivity contribution >= 4 is 39.9 Å². The van der Waals surface area contributed by atoms with E-state index in [2.05, 4.69) is 15.6 Å². The number of ether oxygens (including phenoxy) is 3. The number of para-hydroxylation sites is 1. The number of hydrogen-bond donors (Lipinski definition) is 1. The fourth-order valence-electron chi connectivity index (χ4n) is 6.12. The van der Waals surface area contributed by atoms with Crippen molar-refractivity contribution in [2.24, 2.45) is 0 Å². The predicted molar refractivity (Wildman–Crippen MR) is 169 cm³/mol. The van der Waals surface area contributed by atoms with Crippen LogP contribution < -0.4 is 19.5 Å². The van der Waals surface area contributed by atoms with E-state index in [0.29, 0.717) is 35.5 Å². The molecule has 1 aliphatic carbocycles. The van der Waals surface area contributed by atoms with Crippen LogP contribution in [0.4, 0.5) is 5.69 Å². The number of thiazole rings is 1. The van der Waals surface area contributed by atoms with Gasteiger partial charge in [-0.3, -0.25) is 9.59 Å². The Morgan fingerprint density at radius 2 is 1.82 bits per heavy atom. The van der Waals surface area contributed by atoms with E-state index in [9.17, 15) is 9.59 Å². The first-order valence-electron chi connectivity index (χ1n) is 14.9. The molecule has 2 aliphatic rings. The van der Waals surface area contributed by atoms with Gasteiger partial charge in [-0.05, 0) is 61.4 Å². The molecule has 0 unspecified atom stereocenters. The Labute approximate surface area is 263 Å². The number of aromatic nitrogens is 4. The minimum atomic E-state index is -1.09. The van der Waals surface area contributed by atoms with E-state index in [1.807, 2.05) is 53.9 Å². The molecule has 5 aromatic rings. The van der Waals surface area contributed by atoms with E-state index in [1.54, 1.807) is 34.9 Å². The molecule has 1 aliphatic heterocycles. The van der Waals surface area contributed by atoms with Crippen LogP contribution in [-0.2, 0) is 22.7 Å². The molecule has 7 rings (SSSR count). The quantitative estimate of drug-likeness (QED) is 0.223. The highest BCUT2D eigenvalue weighted by Crippen LogP contribution is 2.39. The zero-order valence-corrected chi connectivity index (χ0v) is 25.6. The third-order valence-electron chi connectivity index (χ3n) is 8.49. The van der Waals surface area contributed by atoms with E-state index in [1.165, 1.54) is 11.3 Å². The van der Waals surface area contributed by atoms with Crippen molar-refractivity contribution in [2.45, 2.75) is 50.7 Å². The smallest absolute Gasteiger partial charge is 0.250 e. The van der Waals surface area contributed by atoms with Gasteiger partial charge in [0.05, 0.1) is 24.9 Å². The van der Waals surface area contributed by atoms with Crippen LogP contribution in [0.2, 0.25) is 0 Å². The van der Waals surface area contributed by atoms with Gasteiger partial charge in [-0.15, -0.1) is 16.4 Å². The Hall–Kier alpha value is -4.97. The summed E-state index contributed by atoms with van der Waals surface area (Å²) in [5, 5.41) is 14.3. The molecule has 1 N–H and O–H groups in total. The number of carbonyl (C=O) groups is 2. The molecule has 2 aromatic heterocycles. The van der Waals surface area contributed by atoms with Crippen molar-refractivity contribution in [3.8, 4) is 28.5 Å². The van der Waals surface area contributed by atoms with Crippen LogP contribution in [-0.4, -0.2) is 56.1 Å². The third kappa shape index (κ3) is 5.68. The van der Waals surface area contributed by atoms with Crippen molar-refractivity contribution in [1.82, 2.24) is 24.9 Å². The minimum absolute atomic E-state index is 0.0592. The monoisotopic (exact) mass is 624 g/mol. The van der Waals surface area contributed by atoms with Crippen molar-refractivity contribution in [2.75, 3.05) is 19.2 Å². The maximum absolute atomic E-state index is 14.4. The van der Waals surface area contributed by atoms with Crippen LogP contribution in [0.3, 0.4) is 0 Å². The molecule has 0 bridgehead atoms. The van der Waals surface area contributed by atoms with Gasteiger partial charge in [0.25, 0.3) is 0 Å².